The molecule has 0 radical (unpaired) electrons. The van der Waals surface area contributed by atoms with E-state index in [9.17, 15) is 4.79 Å². The predicted molar refractivity (Wildman–Crippen MR) is 136 cm³/mol. The second-order valence-electron chi connectivity index (χ2n) is 9.28. The van der Waals surface area contributed by atoms with Gasteiger partial charge in [-0.15, -0.1) is 0 Å². The van der Waals surface area contributed by atoms with E-state index in [2.05, 4.69) is 33.6 Å². The minimum Gasteiger partial charge on any atom is -0.377 e. The van der Waals surface area contributed by atoms with Gasteiger partial charge in [-0.3, -0.25) is 4.79 Å². The molecule has 2 fully saturated rings. The number of aromatic nitrogens is 5. The molecule has 1 saturated carbocycles. The Kier molecular flexibility index (Phi) is 5.49. The van der Waals surface area contributed by atoms with Crippen molar-refractivity contribution in [3.05, 3.63) is 58.6 Å². The highest BCUT2D eigenvalue weighted by molar-refractivity contribution is 5.87. The molecular formula is C26H29N7O2. The molecule has 1 saturated heterocycles. The average molecular weight is 472 g/mol. The summed E-state index contributed by atoms with van der Waals surface area (Å²) >= 11 is 0. The van der Waals surface area contributed by atoms with Gasteiger partial charge in [-0.25, -0.2) is 15.0 Å². The topological polar surface area (TPSA) is 101 Å². The minimum atomic E-state index is -0.142. The molecule has 4 aromatic rings. The van der Waals surface area contributed by atoms with Crippen molar-refractivity contribution in [2.75, 3.05) is 30.0 Å². The molecule has 2 N–H and O–H groups in total. The summed E-state index contributed by atoms with van der Waals surface area (Å²) in [6, 6.07) is 13.2. The molecule has 3 aromatic heterocycles. The molecule has 180 valence electrons. The van der Waals surface area contributed by atoms with E-state index in [-0.39, 0.29) is 11.6 Å². The molecule has 35 heavy (non-hydrogen) atoms. The summed E-state index contributed by atoms with van der Waals surface area (Å²) in [7, 11) is 0. The summed E-state index contributed by atoms with van der Waals surface area (Å²) in [4.78, 5) is 31.8. The van der Waals surface area contributed by atoms with Crippen molar-refractivity contribution in [3.63, 3.8) is 0 Å². The van der Waals surface area contributed by atoms with Crippen LogP contribution in [-0.2, 0) is 11.3 Å². The van der Waals surface area contributed by atoms with Crippen LogP contribution in [0.15, 0.2) is 47.3 Å². The maximum absolute atomic E-state index is 11.6. The fourth-order valence-corrected chi connectivity index (χ4v) is 4.72. The van der Waals surface area contributed by atoms with Crippen molar-refractivity contribution in [2.24, 2.45) is 0 Å². The van der Waals surface area contributed by atoms with Gasteiger partial charge in [-0.1, -0.05) is 6.07 Å². The van der Waals surface area contributed by atoms with E-state index in [1.54, 1.807) is 6.07 Å². The number of morpholine rings is 1. The monoisotopic (exact) mass is 471 g/mol. The van der Waals surface area contributed by atoms with Gasteiger partial charge in [0.15, 0.2) is 22.8 Å². The number of hydrogen-bond acceptors (Lipinski definition) is 7. The third-order valence-corrected chi connectivity index (χ3v) is 6.69. The maximum atomic E-state index is 11.6. The van der Waals surface area contributed by atoms with Gasteiger partial charge in [0.1, 0.15) is 11.6 Å². The third kappa shape index (κ3) is 4.16. The van der Waals surface area contributed by atoms with Crippen molar-refractivity contribution in [1.82, 2.24) is 24.5 Å². The number of benzene rings is 1. The molecule has 1 atom stereocenters. The zero-order valence-corrected chi connectivity index (χ0v) is 20.0. The van der Waals surface area contributed by atoms with Crippen LogP contribution in [0.2, 0.25) is 0 Å². The number of ether oxygens (including phenoxy) is 1. The summed E-state index contributed by atoms with van der Waals surface area (Å²) in [5.41, 5.74) is 3.44. The first-order chi connectivity index (χ1) is 17.1. The van der Waals surface area contributed by atoms with Crippen LogP contribution < -0.4 is 15.8 Å². The summed E-state index contributed by atoms with van der Waals surface area (Å²) < 4.78 is 7.95. The number of aryl methyl sites for hydroxylation is 1. The summed E-state index contributed by atoms with van der Waals surface area (Å²) in [5, 5.41) is 3.23. The highest BCUT2D eigenvalue weighted by atomic mass is 16.5. The van der Waals surface area contributed by atoms with Gasteiger partial charge in [-0.05, 0) is 57.0 Å². The van der Waals surface area contributed by atoms with Crippen molar-refractivity contribution in [1.29, 1.82) is 0 Å². The Labute approximate surface area is 203 Å². The molecule has 9 heteroatoms. The van der Waals surface area contributed by atoms with Gasteiger partial charge in [0.05, 0.1) is 19.3 Å². The molecule has 1 aromatic carbocycles. The molecular weight excluding hydrogens is 442 g/mol. The molecule has 0 amide bonds. The van der Waals surface area contributed by atoms with E-state index in [0.29, 0.717) is 30.8 Å². The Morgan fingerprint density at radius 2 is 1.94 bits per heavy atom. The van der Waals surface area contributed by atoms with Crippen LogP contribution in [0.3, 0.4) is 0 Å². The van der Waals surface area contributed by atoms with Gasteiger partial charge in [0, 0.05) is 36.3 Å². The number of hydrogen-bond donors (Lipinski definition) is 2. The van der Waals surface area contributed by atoms with Crippen LogP contribution in [0, 0.1) is 0 Å². The SMILES string of the molecule is CCn1c(C2CC2)nc2c(N3CCOC[C@@H]3C)nc(-c3ccc(Nc4cccc(=O)[nH]4)cc3)nc21. The Morgan fingerprint density at radius 1 is 1.11 bits per heavy atom. The van der Waals surface area contributed by atoms with E-state index < -0.39 is 0 Å². The van der Waals surface area contributed by atoms with E-state index in [0.717, 1.165) is 47.1 Å². The molecule has 4 heterocycles. The summed E-state index contributed by atoms with van der Waals surface area (Å²) in [5.74, 6) is 3.87. The smallest absolute Gasteiger partial charge is 0.249 e. The number of fused-ring (bicyclic) bond motifs is 1. The van der Waals surface area contributed by atoms with Crippen molar-refractivity contribution in [2.45, 2.75) is 45.2 Å². The van der Waals surface area contributed by atoms with Crippen LogP contribution in [0.1, 0.15) is 38.4 Å². The Balaban J connectivity index is 1.42. The van der Waals surface area contributed by atoms with Gasteiger partial charge in [0.2, 0.25) is 5.56 Å². The number of aromatic amines is 1. The first kappa shape index (κ1) is 21.8. The van der Waals surface area contributed by atoms with Gasteiger partial charge in [-0.2, -0.15) is 0 Å². The number of rotatable bonds is 6. The lowest BCUT2D eigenvalue weighted by molar-refractivity contribution is 0.0987. The van der Waals surface area contributed by atoms with E-state index in [1.807, 2.05) is 30.3 Å². The first-order valence-corrected chi connectivity index (χ1v) is 12.3. The van der Waals surface area contributed by atoms with E-state index >= 15 is 0 Å². The van der Waals surface area contributed by atoms with Gasteiger partial charge >= 0.3 is 0 Å². The predicted octanol–water partition coefficient (Wildman–Crippen LogP) is 4.05. The molecule has 1 aliphatic heterocycles. The lowest BCUT2D eigenvalue weighted by Crippen LogP contribution is -2.44. The standard InChI is InChI=1S/C26H29N7O2/c1-3-32-24(18-7-8-18)29-22-25(32)30-23(31-26(22)33-13-14-35-15-16(33)2)17-9-11-19(12-10-17)27-20-5-4-6-21(34)28-20/h4-6,9-12,16,18H,3,7-8,13-15H2,1-2H3,(H2,27,28,34)/t16-/m0/s1. The molecule has 0 bridgehead atoms. The lowest BCUT2D eigenvalue weighted by atomic mass is 10.2. The normalized spacial score (nSPS) is 18.2. The van der Waals surface area contributed by atoms with Crippen LogP contribution in [0.25, 0.3) is 22.6 Å². The number of nitrogens with zero attached hydrogens (tertiary/aromatic N) is 5. The highest BCUT2D eigenvalue weighted by Gasteiger charge is 2.32. The van der Waals surface area contributed by atoms with Gasteiger partial charge in [0.25, 0.3) is 0 Å². The molecule has 0 spiro atoms. The molecule has 6 rings (SSSR count). The van der Waals surface area contributed by atoms with Gasteiger partial charge < -0.3 is 24.5 Å². The Bertz CT molecular complexity index is 1420. The fraction of sp³-hybridized carbons (Fsp3) is 0.385. The summed E-state index contributed by atoms with van der Waals surface area (Å²) in [6.07, 6.45) is 2.38. The van der Waals surface area contributed by atoms with Crippen molar-refractivity contribution < 1.29 is 4.74 Å². The Hall–Kier alpha value is -3.72. The molecule has 1 aliphatic carbocycles. The highest BCUT2D eigenvalue weighted by Crippen LogP contribution is 2.42. The largest absolute Gasteiger partial charge is 0.377 e. The van der Waals surface area contributed by atoms with Crippen LogP contribution in [0.5, 0.6) is 0 Å². The average Bonchev–Trinajstić information content (AvgIpc) is 3.64. The van der Waals surface area contributed by atoms with Crippen LogP contribution in [0.4, 0.5) is 17.3 Å². The quantitative estimate of drug-likeness (QED) is 0.438. The Morgan fingerprint density at radius 3 is 2.66 bits per heavy atom. The third-order valence-electron chi connectivity index (χ3n) is 6.69. The van der Waals surface area contributed by atoms with Crippen molar-refractivity contribution in [3.8, 4) is 11.4 Å². The maximum Gasteiger partial charge on any atom is 0.249 e. The number of H-pyrrole nitrogens is 1. The molecule has 2 aliphatic rings. The zero-order valence-electron chi connectivity index (χ0n) is 20.0. The second kappa shape index (κ2) is 8.81. The molecule has 0 unspecified atom stereocenters. The fourth-order valence-electron chi connectivity index (χ4n) is 4.72. The van der Waals surface area contributed by atoms with Crippen molar-refractivity contribution >= 4 is 28.5 Å². The second-order valence-corrected chi connectivity index (χ2v) is 9.28. The first-order valence-electron chi connectivity index (χ1n) is 12.3. The van der Waals surface area contributed by atoms with Crippen LogP contribution in [-0.4, -0.2) is 50.3 Å². The number of imidazole rings is 1. The molecule has 9 nitrogen and oxygen atoms in total. The number of nitrogens with one attached hydrogen (secondary N) is 2. The minimum absolute atomic E-state index is 0.142. The lowest BCUT2D eigenvalue weighted by Gasteiger charge is -2.34. The zero-order chi connectivity index (χ0) is 23.9. The number of pyridine rings is 1. The van der Waals surface area contributed by atoms with E-state index in [4.69, 9.17) is 19.7 Å². The summed E-state index contributed by atoms with van der Waals surface area (Å²) in [6.45, 7) is 7.28. The number of anilines is 3. The van der Waals surface area contributed by atoms with E-state index in [1.165, 1.54) is 18.9 Å². The van der Waals surface area contributed by atoms with Crippen LogP contribution >= 0.6 is 0 Å².